The van der Waals surface area contributed by atoms with Gasteiger partial charge in [0, 0.05) is 49.6 Å². The summed E-state index contributed by atoms with van der Waals surface area (Å²) in [6, 6.07) is 56.1. The number of anilines is 3. The third-order valence-electron chi connectivity index (χ3n) is 10.7. The second kappa shape index (κ2) is 11.8. The van der Waals surface area contributed by atoms with Gasteiger partial charge in [0.15, 0.2) is 5.58 Å². The zero-order chi connectivity index (χ0) is 34.9. The molecule has 0 spiro atoms. The maximum Gasteiger partial charge on any atom is 0.159 e. The van der Waals surface area contributed by atoms with Crippen LogP contribution in [-0.4, -0.2) is 4.57 Å². The van der Waals surface area contributed by atoms with Gasteiger partial charge in [-0.1, -0.05) is 115 Å². The molecule has 0 radical (unpaired) electrons. The Bertz CT molecular complexity index is 3080. The lowest BCUT2D eigenvalue weighted by molar-refractivity contribution is 0.600. The first-order valence-electron chi connectivity index (χ1n) is 18.1. The highest BCUT2D eigenvalue weighted by Gasteiger charge is 2.23. The zero-order valence-electron chi connectivity index (χ0n) is 28.7. The number of aromatic nitrogens is 1. The second-order valence-corrected chi connectivity index (χ2v) is 13.6. The molecule has 7 aromatic carbocycles. The number of fused-ring (bicyclic) bond motifs is 9. The Labute approximate surface area is 305 Å². The molecule has 4 nitrogen and oxygen atoms in total. The molecule has 0 unspecified atom stereocenters. The number of nitrogens with zero attached hydrogens (tertiary/aromatic N) is 2. The van der Waals surface area contributed by atoms with Gasteiger partial charge in [0.05, 0.1) is 16.7 Å². The van der Waals surface area contributed by atoms with E-state index in [4.69, 9.17) is 8.83 Å². The van der Waals surface area contributed by atoms with Gasteiger partial charge in [-0.15, -0.1) is 0 Å². The minimum atomic E-state index is 0.824. The predicted octanol–water partition coefficient (Wildman–Crippen LogP) is 13.7. The van der Waals surface area contributed by atoms with Crippen LogP contribution >= 0.6 is 0 Å². The summed E-state index contributed by atoms with van der Waals surface area (Å²) in [5, 5.41) is 5.83. The molecular formula is C49H32N2O2. The van der Waals surface area contributed by atoms with Crippen LogP contribution in [0.1, 0.15) is 11.3 Å². The fourth-order valence-electron chi connectivity index (χ4n) is 8.29. The number of para-hydroxylation sites is 4. The van der Waals surface area contributed by atoms with Crippen molar-refractivity contribution in [3.05, 3.63) is 187 Å². The quantitative estimate of drug-likeness (QED) is 0.181. The molecule has 3 aromatic heterocycles. The Morgan fingerprint density at radius 3 is 2.17 bits per heavy atom. The molecule has 53 heavy (non-hydrogen) atoms. The van der Waals surface area contributed by atoms with Gasteiger partial charge in [-0.25, -0.2) is 0 Å². The van der Waals surface area contributed by atoms with Gasteiger partial charge < -0.3 is 18.3 Å². The van der Waals surface area contributed by atoms with Crippen molar-refractivity contribution in [3.8, 4) is 16.8 Å². The van der Waals surface area contributed by atoms with E-state index in [1.54, 1.807) is 0 Å². The molecule has 1 aliphatic carbocycles. The Hall–Kier alpha value is -7.04. The van der Waals surface area contributed by atoms with Crippen molar-refractivity contribution in [2.24, 2.45) is 0 Å². The van der Waals surface area contributed by atoms with Crippen LogP contribution in [0.3, 0.4) is 0 Å². The normalized spacial score (nSPS) is 12.7. The standard InChI is InChI=1S/C49H32N2O2/c1-3-13-33(14-4-1)51-42-20-9-7-15-37(42)38-30-29-35(31-44(38)51)50(43-21-11-19-40-39-16-5-2-6-22-45(39)53-49(40)43)34-27-25-32(26-28-34)36-18-12-24-47-48(36)41-17-8-10-23-46(41)52-47/h1-15,17-31H,16H2. The maximum absolute atomic E-state index is 6.74. The topological polar surface area (TPSA) is 34.5 Å². The van der Waals surface area contributed by atoms with Crippen molar-refractivity contribution < 1.29 is 8.83 Å². The summed E-state index contributed by atoms with van der Waals surface area (Å²) in [5.74, 6) is 0.910. The van der Waals surface area contributed by atoms with Crippen LogP contribution in [0.4, 0.5) is 17.1 Å². The van der Waals surface area contributed by atoms with E-state index >= 15 is 0 Å². The first-order chi connectivity index (χ1) is 26.3. The molecule has 0 aliphatic heterocycles. The highest BCUT2D eigenvalue weighted by atomic mass is 16.3. The van der Waals surface area contributed by atoms with E-state index in [1.165, 1.54) is 21.9 Å². The summed E-state index contributed by atoms with van der Waals surface area (Å²) < 4.78 is 15.4. The van der Waals surface area contributed by atoms with E-state index in [2.05, 4.69) is 179 Å². The van der Waals surface area contributed by atoms with Crippen molar-refractivity contribution in [3.63, 3.8) is 0 Å². The Morgan fingerprint density at radius 1 is 0.528 bits per heavy atom. The molecule has 4 heteroatoms. The molecule has 0 saturated carbocycles. The first-order valence-corrected chi connectivity index (χ1v) is 18.1. The van der Waals surface area contributed by atoms with Crippen molar-refractivity contribution in [2.45, 2.75) is 6.42 Å². The van der Waals surface area contributed by atoms with E-state index in [9.17, 15) is 0 Å². The zero-order valence-corrected chi connectivity index (χ0v) is 28.7. The number of allylic oxidation sites excluding steroid dienone is 3. The Kier molecular flexibility index (Phi) is 6.58. The smallest absolute Gasteiger partial charge is 0.159 e. The second-order valence-electron chi connectivity index (χ2n) is 13.6. The molecule has 1 aliphatic rings. The minimum Gasteiger partial charge on any atom is -0.456 e. The van der Waals surface area contributed by atoms with Crippen molar-refractivity contribution in [1.29, 1.82) is 0 Å². The summed E-state index contributed by atoms with van der Waals surface area (Å²) in [4.78, 5) is 2.34. The molecule has 0 N–H and O–H groups in total. The molecule has 250 valence electrons. The number of benzene rings is 7. The average molecular weight is 681 g/mol. The molecule has 0 amide bonds. The number of furan rings is 2. The van der Waals surface area contributed by atoms with Crippen LogP contribution in [0.2, 0.25) is 0 Å². The fourth-order valence-corrected chi connectivity index (χ4v) is 8.29. The molecule has 10 aromatic rings. The summed E-state index contributed by atoms with van der Waals surface area (Å²) in [6.07, 6.45) is 9.25. The van der Waals surface area contributed by atoms with Crippen LogP contribution in [0, 0.1) is 0 Å². The lowest BCUT2D eigenvalue weighted by Gasteiger charge is -2.26. The number of rotatable bonds is 5. The van der Waals surface area contributed by atoms with Gasteiger partial charge in [-0.2, -0.15) is 0 Å². The van der Waals surface area contributed by atoms with Gasteiger partial charge in [0.2, 0.25) is 0 Å². The van der Waals surface area contributed by atoms with E-state index in [0.29, 0.717) is 0 Å². The van der Waals surface area contributed by atoms with Crippen LogP contribution < -0.4 is 4.90 Å². The molecule has 0 saturated heterocycles. The lowest BCUT2D eigenvalue weighted by atomic mass is 9.99. The van der Waals surface area contributed by atoms with Crippen molar-refractivity contribution >= 4 is 77.9 Å². The van der Waals surface area contributed by atoms with Crippen molar-refractivity contribution in [1.82, 2.24) is 4.57 Å². The van der Waals surface area contributed by atoms with Gasteiger partial charge in [0.1, 0.15) is 16.9 Å². The third-order valence-corrected chi connectivity index (χ3v) is 10.7. The Balaban J connectivity index is 1.14. The van der Waals surface area contributed by atoms with Crippen LogP contribution in [0.25, 0.3) is 77.6 Å². The summed E-state index contributed by atoms with van der Waals surface area (Å²) >= 11 is 0. The van der Waals surface area contributed by atoms with Gasteiger partial charge in [-0.3, -0.25) is 0 Å². The minimum absolute atomic E-state index is 0.824. The first kappa shape index (κ1) is 29.7. The largest absolute Gasteiger partial charge is 0.456 e. The molecule has 0 fully saturated rings. The number of hydrogen-bond acceptors (Lipinski definition) is 3. The van der Waals surface area contributed by atoms with E-state index in [1.807, 2.05) is 12.1 Å². The summed E-state index contributed by atoms with van der Waals surface area (Å²) in [5.41, 5.74) is 12.7. The SMILES string of the molecule is C1=CCc2c(oc3c(N(c4ccc(-c5cccc6oc7ccccc7c56)cc4)c4ccc5c6ccccc6n(-c6ccccc6)c5c4)cccc23)C=C1. The highest BCUT2D eigenvalue weighted by Crippen LogP contribution is 2.45. The molecule has 11 rings (SSSR count). The molecule has 0 atom stereocenters. The van der Waals surface area contributed by atoms with Gasteiger partial charge >= 0.3 is 0 Å². The average Bonchev–Trinajstić information content (AvgIpc) is 3.82. The van der Waals surface area contributed by atoms with E-state index in [0.717, 1.165) is 84.5 Å². The maximum atomic E-state index is 6.74. The van der Waals surface area contributed by atoms with Crippen LogP contribution in [0.5, 0.6) is 0 Å². The van der Waals surface area contributed by atoms with E-state index in [-0.39, 0.29) is 0 Å². The van der Waals surface area contributed by atoms with Crippen LogP contribution in [-0.2, 0) is 6.42 Å². The van der Waals surface area contributed by atoms with Crippen LogP contribution in [0.15, 0.2) is 185 Å². The van der Waals surface area contributed by atoms with Crippen molar-refractivity contribution in [2.75, 3.05) is 4.90 Å². The highest BCUT2D eigenvalue weighted by molar-refractivity contribution is 6.13. The molecular weight excluding hydrogens is 649 g/mol. The summed E-state index contributed by atoms with van der Waals surface area (Å²) in [6.45, 7) is 0. The lowest BCUT2D eigenvalue weighted by Crippen LogP contribution is -2.10. The molecule has 3 heterocycles. The fraction of sp³-hybridized carbons (Fsp3) is 0.0204. The van der Waals surface area contributed by atoms with Gasteiger partial charge in [0.25, 0.3) is 0 Å². The monoisotopic (exact) mass is 680 g/mol. The van der Waals surface area contributed by atoms with E-state index < -0.39 is 0 Å². The Morgan fingerprint density at radius 2 is 1.26 bits per heavy atom. The third kappa shape index (κ3) is 4.62. The molecule has 0 bridgehead atoms. The predicted molar refractivity (Wildman–Crippen MR) is 220 cm³/mol. The van der Waals surface area contributed by atoms with Gasteiger partial charge in [-0.05, 0) is 84.3 Å². The number of hydrogen-bond donors (Lipinski definition) is 0. The summed E-state index contributed by atoms with van der Waals surface area (Å²) in [7, 11) is 0.